The van der Waals surface area contributed by atoms with Gasteiger partial charge in [-0.3, -0.25) is 5.43 Å². The molecule has 0 bridgehead atoms. The standard InChI is InChI=1S/C21H21N3S/c1-14-6-8-17(9-7-14)20-13-25-21(22-20)24-23-15(2)18-11-10-16-4-3-5-19(16)12-18/h6-13H,3-5H2,1-2H3,(H,22,24). The summed E-state index contributed by atoms with van der Waals surface area (Å²) in [5.41, 5.74) is 11.6. The lowest BCUT2D eigenvalue weighted by Crippen LogP contribution is -2.00. The first-order valence-electron chi connectivity index (χ1n) is 8.64. The van der Waals surface area contributed by atoms with Gasteiger partial charge in [-0.15, -0.1) is 11.3 Å². The van der Waals surface area contributed by atoms with Crippen molar-refractivity contribution in [3.8, 4) is 11.3 Å². The number of aromatic nitrogens is 1. The van der Waals surface area contributed by atoms with Crippen LogP contribution in [0, 0.1) is 6.92 Å². The van der Waals surface area contributed by atoms with Gasteiger partial charge in [0, 0.05) is 10.9 Å². The van der Waals surface area contributed by atoms with E-state index in [9.17, 15) is 0 Å². The van der Waals surface area contributed by atoms with Crippen LogP contribution in [0.5, 0.6) is 0 Å². The monoisotopic (exact) mass is 347 g/mol. The molecule has 0 fully saturated rings. The average Bonchev–Trinajstić information content (AvgIpc) is 3.29. The molecule has 0 spiro atoms. The summed E-state index contributed by atoms with van der Waals surface area (Å²) in [4.78, 5) is 4.63. The second kappa shape index (κ2) is 6.81. The number of thiazole rings is 1. The average molecular weight is 347 g/mol. The molecule has 2 aromatic carbocycles. The zero-order chi connectivity index (χ0) is 17.2. The zero-order valence-electron chi connectivity index (χ0n) is 14.5. The van der Waals surface area contributed by atoms with Gasteiger partial charge in [0.25, 0.3) is 0 Å². The van der Waals surface area contributed by atoms with Gasteiger partial charge in [0.15, 0.2) is 0 Å². The minimum atomic E-state index is 0.816. The van der Waals surface area contributed by atoms with Gasteiger partial charge in [-0.05, 0) is 55.9 Å². The Morgan fingerprint density at radius 1 is 1.08 bits per heavy atom. The Balaban J connectivity index is 1.49. The van der Waals surface area contributed by atoms with Gasteiger partial charge in [-0.25, -0.2) is 4.98 Å². The van der Waals surface area contributed by atoms with Crippen LogP contribution in [0.3, 0.4) is 0 Å². The Morgan fingerprint density at radius 2 is 1.88 bits per heavy atom. The second-order valence-corrected chi connectivity index (χ2v) is 7.41. The molecule has 1 aliphatic rings. The Bertz CT molecular complexity index is 923. The molecular formula is C21H21N3S. The molecule has 0 saturated heterocycles. The summed E-state index contributed by atoms with van der Waals surface area (Å²) in [7, 11) is 0. The first-order valence-corrected chi connectivity index (χ1v) is 9.52. The number of hydrogen-bond donors (Lipinski definition) is 1. The van der Waals surface area contributed by atoms with Crippen molar-refractivity contribution in [3.05, 3.63) is 70.1 Å². The quantitative estimate of drug-likeness (QED) is 0.504. The van der Waals surface area contributed by atoms with Crippen LogP contribution in [0.4, 0.5) is 5.13 Å². The Hall–Kier alpha value is -2.46. The van der Waals surface area contributed by atoms with Crippen molar-refractivity contribution in [1.82, 2.24) is 4.98 Å². The van der Waals surface area contributed by atoms with E-state index in [0.29, 0.717) is 0 Å². The summed E-state index contributed by atoms with van der Waals surface area (Å²) in [6, 6.07) is 15.1. The molecule has 0 unspecified atom stereocenters. The summed E-state index contributed by atoms with van der Waals surface area (Å²) in [6.07, 6.45) is 3.68. The van der Waals surface area contributed by atoms with E-state index >= 15 is 0 Å². The topological polar surface area (TPSA) is 37.3 Å². The summed E-state index contributed by atoms with van der Waals surface area (Å²) in [5.74, 6) is 0. The molecule has 0 atom stereocenters. The number of hydrazone groups is 1. The van der Waals surface area contributed by atoms with Crippen LogP contribution in [0.1, 0.15) is 35.6 Å². The van der Waals surface area contributed by atoms with Gasteiger partial charge in [0.05, 0.1) is 11.4 Å². The largest absolute Gasteiger partial charge is 0.252 e. The lowest BCUT2D eigenvalue weighted by atomic mass is 10.0. The highest BCUT2D eigenvalue weighted by Crippen LogP contribution is 2.26. The highest BCUT2D eigenvalue weighted by Gasteiger charge is 2.11. The molecule has 126 valence electrons. The van der Waals surface area contributed by atoms with E-state index in [0.717, 1.165) is 22.1 Å². The smallest absolute Gasteiger partial charge is 0.203 e. The summed E-state index contributed by atoms with van der Waals surface area (Å²) in [5, 5.41) is 7.40. The van der Waals surface area contributed by atoms with Crippen LogP contribution < -0.4 is 5.43 Å². The number of fused-ring (bicyclic) bond motifs is 1. The fraction of sp³-hybridized carbons (Fsp3) is 0.238. The first kappa shape index (κ1) is 16.0. The molecule has 3 nitrogen and oxygen atoms in total. The first-order chi connectivity index (χ1) is 12.2. The number of benzene rings is 2. The van der Waals surface area contributed by atoms with Crippen molar-refractivity contribution in [2.24, 2.45) is 5.10 Å². The highest BCUT2D eigenvalue weighted by atomic mass is 32.1. The molecule has 1 heterocycles. The van der Waals surface area contributed by atoms with Crippen LogP contribution in [0.2, 0.25) is 0 Å². The minimum absolute atomic E-state index is 0.816. The predicted octanol–water partition coefficient (Wildman–Crippen LogP) is 5.44. The van der Waals surface area contributed by atoms with Crippen LogP contribution in [0.15, 0.2) is 52.9 Å². The van der Waals surface area contributed by atoms with Gasteiger partial charge in [-0.1, -0.05) is 42.0 Å². The number of rotatable bonds is 4. The third-order valence-corrected chi connectivity index (χ3v) is 5.43. The highest BCUT2D eigenvalue weighted by molar-refractivity contribution is 7.14. The fourth-order valence-electron chi connectivity index (χ4n) is 3.18. The normalized spacial score (nSPS) is 13.8. The molecule has 1 aromatic heterocycles. The van der Waals surface area contributed by atoms with E-state index in [1.807, 2.05) is 6.92 Å². The van der Waals surface area contributed by atoms with Crippen molar-refractivity contribution >= 4 is 22.2 Å². The van der Waals surface area contributed by atoms with Gasteiger partial charge in [-0.2, -0.15) is 5.10 Å². The van der Waals surface area contributed by atoms with Gasteiger partial charge < -0.3 is 0 Å². The molecule has 4 rings (SSSR count). The molecular weight excluding hydrogens is 326 g/mol. The molecule has 0 radical (unpaired) electrons. The Kier molecular flexibility index (Phi) is 4.36. The molecule has 0 saturated carbocycles. The van der Waals surface area contributed by atoms with Gasteiger partial charge >= 0.3 is 0 Å². The summed E-state index contributed by atoms with van der Waals surface area (Å²) >= 11 is 1.58. The molecule has 1 N–H and O–H groups in total. The Morgan fingerprint density at radius 3 is 2.72 bits per heavy atom. The van der Waals surface area contributed by atoms with E-state index in [-0.39, 0.29) is 0 Å². The molecule has 4 heteroatoms. The van der Waals surface area contributed by atoms with Crippen molar-refractivity contribution in [2.75, 3.05) is 5.43 Å². The summed E-state index contributed by atoms with van der Waals surface area (Å²) in [6.45, 7) is 4.13. The lowest BCUT2D eigenvalue weighted by molar-refractivity contribution is 0.912. The fourth-order valence-corrected chi connectivity index (χ4v) is 3.84. The summed E-state index contributed by atoms with van der Waals surface area (Å²) < 4.78 is 0. The molecule has 0 amide bonds. The van der Waals surface area contributed by atoms with Crippen LogP contribution in [0.25, 0.3) is 11.3 Å². The SMILES string of the molecule is CC(=NNc1nc(-c2ccc(C)cc2)cs1)c1ccc2c(c1)CCC2. The minimum Gasteiger partial charge on any atom is -0.252 e. The van der Waals surface area contributed by atoms with Crippen LogP contribution >= 0.6 is 11.3 Å². The molecule has 3 aromatic rings. The van der Waals surface area contributed by atoms with Crippen molar-refractivity contribution < 1.29 is 0 Å². The van der Waals surface area contributed by atoms with Crippen molar-refractivity contribution in [2.45, 2.75) is 33.1 Å². The van der Waals surface area contributed by atoms with Crippen LogP contribution in [-0.4, -0.2) is 10.7 Å². The number of anilines is 1. The maximum Gasteiger partial charge on any atom is 0.203 e. The number of nitrogens with one attached hydrogen (secondary N) is 1. The van der Waals surface area contributed by atoms with E-state index in [1.54, 1.807) is 11.3 Å². The Labute approximate surface area is 152 Å². The van der Waals surface area contributed by atoms with E-state index in [1.165, 1.54) is 41.5 Å². The molecule has 25 heavy (non-hydrogen) atoms. The lowest BCUT2D eigenvalue weighted by Gasteiger charge is -2.05. The van der Waals surface area contributed by atoms with Crippen LogP contribution in [-0.2, 0) is 12.8 Å². The number of hydrogen-bond acceptors (Lipinski definition) is 4. The van der Waals surface area contributed by atoms with Crippen molar-refractivity contribution in [1.29, 1.82) is 0 Å². The van der Waals surface area contributed by atoms with Gasteiger partial charge in [0.2, 0.25) is 5.13 Å². The number of nitrogens with zero attached hydrogens (tertiary/aromatic N) is 2. The number of aryl methyl sites for hydroxylation is 3. The third kappa shape index (κ3) is 3.49. The third-order valence-electron chi connectivity index (χ3n) is 4.69. The maximum absolute atomic E-state index is 4.63. The predicted molar refractivity (Wildman–Crippen MR) is 107 cm³/mol. The zero-order valence-corrected chi connectivity index (χ0v) is 15.4. The van der Waals surface area contributed by atoms with E-state index in [4.69, 9.17) is 0 Å². The maximum atomic E-state index is 4.63. The van der Waals surface area contributed by atoms with Crippen molar-refractivity contribution in [3.63, 3.8) is 0 Å². The second-order valence-electron chi connectivity index (χ2n) is 6.55. The van der Waals surface area contributed by atoms with E-state index in [2.05, 4.69) is 70.3 Å². The van der Waals surface area contributed by atoms with Gasteiger partial charge in [0.1, 0.15) is 0 Å². The van der Waals surface area contributed by atoms with E-state index < -0.39 is 0 Å². The molecule has 0 aliphatic heterocycles. The molecule has 1 aliphatic carbocycles.